The number of benzene rings is 2. The number of aromatic nitrogens is 1. The molecule has 5 heteroatoms. The topological polar surface area (TPSA) is 52.5 Å². The molecule has 27 heavy (non-hydrogen) atoms. The molecule has 0 saturated heterocycles. The highest BCUT2D eigenvalue weighted by Crippen LogP contribution is 2.27. The van der Waals surface area contributed by atoms with Gasteiger partial charge < -0.3 is 19.4 Å². The number of hydrogen-bond acceptors (Lipinski definition) is 3. The summed E-state index contributed by atoms with van der Waals surface area (Å²) in [7, 11) is 1.70. The first kappa shape index (κ1) is 17.6. The van der Waals surface area contributed by atoms with E-state index < -0.39 is 0 Å². The second-order valence-corrected chi connectivity index (χ2v) is 6.83. The van der Waals surface area contributed by atoms with Gasteiger partial charge in [0.05, 0.1) is 24.4 Å². The van der Waals surface area contributed by atoms with Crippen molar-refractivity contribution >= 4 is 22.5 Å². The number of anilines is 1. The van der Waals surface area contributed by atoms with E-state index in [0.717, 1.165) is 48.3 Å². The van der Waals surface area contributed by atoms with Crippen molar-refractivity contribution in [2.24, 2.45) is 0 Å². The Hall–Kier alpha value is -2.79. The second-order valence-electron chi connectivity index (χ2n) is 6.83. The predicted molar refractivity (Wildman–Crippen MR) is 106 cm³/mol. The lowest BCUT2D eigenvalue weighted by atomic mass is 10.0. The van der Waals surface area contributed by atoms with E-state index in [4.69, 9.17) is 9.47 Å². The Bertz CT molecular complexity index is 961. The lowest BCUT2D eigenvalue weighted by Gasteiger charge is -2.09. The first-order valence-corrected chi connectivity index (χ1v) is 9.36. The van der Waals surface area contributed by atoms with Gasteiger partial charge in [-0.05, 0) is 41.8 Å². The molecule has 0 fully saturated rings. The van der Waals surface area contributed by atoms with Crippen LogP contribution in [0.4, 0.5) is 5.69 Å². The summed E-state index contributed by atoms with van der Waals surface area (Å²) >= 11 is 0. The van der Waals surface area contributed by atoms with Crippen molar-refractivity contribution in [2.75, 3.05) is 25.6 Å². The molecule has 2 heterocycles. The molecule has 1 aliphatic rings. The number of carbonyl (C=O) groups is 1. The average molecular weight is 364 g/mol. The number of ether oxygens (including phenoxy) is 2. The first-order valence-electron chi connectivity index (χ1n) is 9.36. The predicted octanol–water partition coefficient (Wildman–Crippen LogP) is 3.79. The van der Waals surface area contributed by atoms with Gasteiger partial charge in [-0.15, -0.1) is 0 Å². The summed E-state index contributed by atoms with van der Waals surface area (Å²) < 4.78 is 12.8. The minimum Gasteiger partial charge on any atom is -0.493 e. The van der Waals surface area contributed by atoms with E-state index >= 15 is 0 Å². The molecule has 1 aromatic heterocycles. The molecule has 5 nitrogen and oxygen atoms in total. The van der Waals surface area contributed by atoms with Gasteiger partial charge in [-0.2, -0.15) is 0 Å². The number of nitrogens with zero attached hydrogens (tertiary/aromatic N) is 1. The van der Waals surface area contributed by atoms with E-state index in [1.807, 2.05) is 36.5 Å². The minimum absolute atomic E-state index is 0.0314. The van der Waals surface area contributed by atoms with E-state index in [1.165, 1.54) is 11.1 Å². The number of carbonyl (C=O) groups excluding carboxylic acids is 1. The van der Waals surface area contributed by atoms with E-state index in [9.17, 15) is 4.79 Å². The van der Waals surface area contributed by atoms with Crippen molar-refractivity contribution < 1.29 is 14.3 Å². The minimum atomic E-state index is 0.0314. The molecule has 4 rings (SSSR count). The van der Waals surface area contributed by atoms with Crippen LogP contribution in [0.2, 0.25) is 0 Å². The number of methoxy groups -OCH3 is 1. The Kier molecular flexibility index (Phi) is 5.12. The Morgan fingerprint density at radius 3 is 3.07 bits per heavy atom. The molecule has 140 valence electrons. The number of rotatable bonds is 7. The monoisotopic (exact) mass is 364 g/mol. The van der Waals surface area contributed by atoms with Crippen molar-refractivity contribution in [3.8, 4) is 5.75 Å². The molecule has 3 aromatic rings. The molecule has 0 radical (unpaired) electrons. The number of amides is 1. The van der Waals surface area contributed by atoms with Crippen LogP contribution in [0.1, 0.15) is 17.5 Å². The normalized spacial score (nSPS) is 12.8. The van der Waals surface area contributed by atoms with Crippen LogP contribution in [-0.4, -0.2) is 30.8 Å². The van der Waals surface area contributed by atoms with Gasteiger partial charge in [0.15, 0.2) is 0 Å². The molecule has 0 atom stereocenters. The number of hydrogen-bond donors (Lipinski definition) is 1. The van der Waals surface area contributed by atoms with Gasteiger partial charge in [0, 0.05) is 38.1 Å². The number of nitrogens with one attached hydrogen (secondary N) is 1. The number of aryl methyl sites for hydroxylation is 1. The van der Waals surface area contributed by atoms with Gasteiger partial charge in [0.25, 0.3) is 0 Å². The summed E-state index contributed by atoms with van der Waals surface area (Å²) in [6.07, 6.45) is 4.17. The van der Waals surface area contributed by atoms with E-state index in [1.54, 1.807) is 7.11 Å². The summed E-state index contributed by atoms with van der Waals surface area (Å²) in [5.74, 6) is 1.01. The standard InChI is InChI=1S/C22H24N2O3/c1-26-14-12-24-11-9-18-19(3-2-4-20(18)24)23-22(25)8-6-16-5-7-21-17(15-16)10-13-27-21/h2-5,7,9,11,15H,6,8,10,12-14H2,1H3,(H,23,25). The Balaban J connectivity index is 1.41. The maximum absolute atomic E-state index is 12.5. The third-order valence-corrected chi connectivity index (χ3v) is 5.02. The summed E-state index contributed by atoms with van der Waals surface area (Å²) in [6, 6.07) is 14.3. The van der Waals surface area contributed by atoms with Crippen LogP contribution in [0, 0.1) is 0 Å². The quantitative estimate of drug-likeness (QED) is 0.694. The van der Waals surface area contributed by atoms with Gasteiger partial charge in [0.1, 0.15) is 5.75 Å². The molecule has 0 unspecified atom stereocenters. The molecular formula is C22H24N2O3. The number of fused-ring (bicyclic) bond motifs is 2. The average Bonchev–Trinajstić information content (AvgIpc) is 3.31. The Morgan fingerprint density at radius 2 is 2.19 bits per heavy atom. The maximum Gasteiger partial charge on any atom is 0.224 e. The molecule has 0 aliphatic carbocycles. The van der Waals surface area contributed by atoms with Crippen molar-refractivity contribution in [3.05, 3.63) is 59.8 Å². The van der Waals surface area contributed by atoms with Gasteiger partial charge in [-0.3, -0.25) is 4.79 Å². The smallest absolute Gasteiger partial charge is 0.224 e. The molecule has 1 N–H and O–H groups in total. The highest BCUT2D eigenvalue weighted by Gasteiger charge is 2.13. The fourth-order valence-electron chi connectivity index (χ4n) is 3.58. The van der Waals surface area contributed by atoms with Gasteiger partial charge >= 0.3 is 0 Å². The van der Waals surface area contributed by atoms with Crippen LogP contribution < -0.4 is 10.1 Å². The Morgan fingerprint density at radius 1 is 1.26 bits per heavy atom. The van der Waals surface area contributed by atoms with E-state index in [-0.39, 0.29) is 5.91 Å². The molecule has 0 bridgehead atoms. The van der Waals surface area contributed by atoms with Gasteiger partial charge in [0.2, 0.25) is 5.91 Å². The van der Waals surface area contributed by atoms with Gasteiger partial charge in [-0.1, -0.05) is 18.2 Å². The second kappa shape index (κ2) is 7.84. The summed E-state index contributed by atoms with van der Waals surface area (Å²) in [6.45, 7) is 2.21. The van der Waals surface area contributed by atoms with Crippen LogP contribution >= 0.6 is 0 Å². The lowest BCUT2D eigenvalue weighted by molar-refractivity contribution is -0.116. The highest BCUT2D eigenvalue weighted by molar-refractivity contribution is 6.01. The molecule has 0 spiro atoms. The maximum atomic E-state index is 12.5. The van der Waals surface area contributed by atoms with E-state index in [2.05, 4.69) is 22.0 Å². The fourth-order valence-corrected chi connectivity index (χ4v) is 3.58. The third-order valence-electron chi connectivity index (χ3n) is 5.02. The fraction of sp³-hybridized carbons (Fsp3) is 0.318. The SMILES string of the molecule is COCCn1ccc2c(NC(=O)CCc3ccc4c(c3)CCO4)cccc21. The summed E-state index contributed by atoms with van der Waals surface area (Å²) in [5.41, 5.74) is 4.38. The largest absolute Gasteiger partial charge is 0.493 e. The molecule has 1 amide bonds. The zero-order valence-electron chi connectivity index (χ0n) is 15.5. The third kappa shape index (κ3) is 3.83. The first-order chi connectivity index (χ1) is 13.2. The molecule has 0 saturated carbocycles. The van der Waals surface area contributed by atoms with Gasteiger partial charge in [-0.25, -0.2) is 0 Å². The molecular weight excluding hydrogens is 340 g/mol. The van der Waals surface area contributed by atoms with Crippen LogP contribution in [0.3, 0.4) is 0 Å². The zero-order chi connectivity index (χ0) is 18.6. The van der Waals surface area contributed by atoms with E-state index in [0.29, 0.717) is 13.0 Å². The summed E-state index contributed by atoms with van der Waals surface area (Å²) in [5, 5.41) is 4.12. The van der Waals surface area contributed by atoms with Crippen LogP contribution in [0.5, 0.6) is 5.75 Å². The van der Waals surface area contributed by atoms with Crippen molar-refractivity contribution in [1.82, 2.24) is 4.57 Å². The molecule has 1 aliphatic heterocycles. The highest BCUT2D eigenvalue weighted by atomic mass is 16.5. The van der Waals surface area contributed by atoms with Crippen molar-refractivity contribution in [2.45, 2.75) is 25.8 Å². The van der Waals surface area contributed by atoms with Crippen LogP contribution in [-0.2, 0) is 28.9 Å². The summed E-state index contributed by atoms with van der Waals surface area (Å²) in [4.78, 5) is 12.5. The molecule has 2 aromatic carbocycles. The lowest BCUT2D eigenvalue weighted by Crippen LogP contribution is -2.12. The van der Waals surface area contributed by atoms with Crippen molar-refractivity contribution in [3.63, 3.8) is 0 Å². The van der Waals surface area contributed by atoms with Crippen molar-refractivity contribution in [1.29, 1.82) is 0 Å². The van der Waals surface area contributed by atoms with Crippen LogP contribution in [0.15, 0.2) is 48.7 Å². The Labute approximate surface area is 158 Å². The van der Waals surface area contributed by atoms with Crippen LogP contribution in [0.25, 0.3) is 10.9 Å². The zero-order valence-corrected chi connectivity index (χ0v) is 15.5.